The summed E-state index contributed by atoms with van der Waals surface area (Å²) in [5, 5.41) is 6.25. The van der Waals surface area contributed by atoms with Crippen molar-refractivity contribution in [1.82, 2.24) is 20.4 Å². The monoisotopic (exact) mass is 344 g/mol. The molecule has 1 aliphatic carbocycles. The summed E-state index contributed by atoms with van der Waals surface area (Å²) in [7, 11) is 2.17. The molecule has 1 aromatic rings. The Labute approximate surface area is 151 Å². The van der Waals surface area contributed by atoms with E-state index >= 15 is 0 Å². The molecule has 0 bridgehead atoms. The number of likely N-dealkylation sites (N-methyl/N-ethyl adjacent to an activating group) is 1. The number of nitrogens with one attached hydrogen (secondary N) is 2. The number of carbonyl (C=O) groups excluding carboxylic acids is 1. The maximum Gasteiger partial charge on any atom is 0.315 e. The minimum atomic E-state index is -0.0395. The average molecular weight is 345 g/mol. The molecule has 0 spiro atoms. The van der Waals surface area contributed by atoms with Crippen molar-refractivity contribution in [2.75, 3.05) is 46.3 Å². The first-order valence-corrected chi connectivity index (χ1v) is 9.71. The first-order chi connectivity index (χ1) is 12.2. The lowest BCUT2D eigenvalue weighted by atomic mass is 9.83. The molecule has 2 amide bonds. The van der Waals surface area contributed by atoms with Crippen LogP contribution in [-0.2, 0) is 0 Å². The summed E-state index contributed by atoms with van der Waals surface area (Å²) < 4.78 is 0. The lowest BCUT2D eigenvalue weighted by molar-refractivity contribution is 0.142. The third kappa shape index (κ3) is 5.72. The van der Waals surface area contributed by atoms with Gasteiger partial charge >= 0.3 is 6.03 Å². The van der Waals surface area contributed by atoms with Crippen LogP contribution in [0.4, 0.5) is 4.79 Å². The minimum Gasteiger partial charge on any atom is -0.338 e. The van der Waals surface area contributed by atoms with E-state index < -0.39 is 0 Å². The number of hydrogen-bond donors (Lipinski definition) is 2. The molecule has 1 aromatic carbocycles. The second-order valence-corrected chi connectivity index (χ2v) is 7.55. The van der Waals surface area contributed by atoms with Gasteiger partial charge in [0.15, 0.2) is 0 Å². The molecule has 25 heavy (non-hydrogen) atoms. The van der Waals surface area contributed by atoms with Gasteiger partial charge in [-0.05, 0) is 24.9 Å². The predicted molar refractivity (Wildman–Crippen MR) is 102 cm³/mol. The third-order valence-corrected chi connectivity index (χ3v) is 5.61. The van der Waals surface area contributed by atoms with Gasteiger partial charge in [0.05, 0.1) is 6.04 Å². The van der Waals surface area contributed by atoms with Crippen molar-refractivity contribution in [3.05, 3.63) is 35.9 Å². The Hall–Kier alpha value is -1.59. The van der Waals surface area contributed by atoms with Crippen molar-refractivity contribution in [3.8, 4) is 0 Å². The fourth-order valence-electron chi connectivity index (χ4n) is 3.59. The summed E-state index contributed by atoms with van der Waals surface area (Å²) >= 11 is 0. The van der Waals surface area contributed by atoms with Gasteiger partial charge in [0, 0.05) is 39.3 Å². The predicted octanol–water partition coefficient (Wildman–Crippen LogP) is 2.46. The van der Waals surface area contributed by atoms with Crippen LogP contribution in [0.5, 0.6) is 0 Å². The highest BCUT2D eigenvalue weighted by Crippen LogP contribution is 2.28. The molecule has 0 radical (unpaired) electrons. The van der Waals surface area contributed by atoms with Gasteiger partial charge < -0.3 is 15.5 Å². The Bertz CT molecular complexity index is 524. The number of benzene rings is 1. The second-order valence-electron chi connectivity index (χ2n) is 7.55. The molecule has 3 rings (SSSR count). The SMILES string of the molecule is CN1CCN(C[C@@H](NC(=O)NCCC2CCC2)c2ccccc2)CC1. The number of rotatable bonds is 7. The average Bonchev–Trinajstić information content (AvgIpc) is 2.59. The lowest BCUT2D eigenvalue weighted by Gasteiger charge is -2.35. The molecule has 2 fully saturated rings. The smallest absolute Gasteiger partial charge is 0.315 e. The second kappa shape index (κ2) is 9.20. The van der Waals surface area contributed by atoms with E-state index in [-0.39, 0.29) is 12.1 Å². The quantitative estimate of drug-likeness (QED) is 0.799. The number of hydrogen-bond acceptors (Lipinski definition) is 3. The fourth-order valence-corrected chi connectivity index (χ4v) is 3.59. The molecule has 1 aliphatic heterocycles. The Balaban J connectivity index is 1.51. The summed E-state index contributed by atoms with van der Waals surface area (Å²) in [6.45, 7) is 5.96. The summed E-state index contributed by atoms with van der Waals surface area (Å²) in [4.78, 5) is 17.2. The summed E-state index contributed by atoms with van der Waals surface area (Å²) in [5.41, 5.74) is 1.18. The molecule has 1 heterocycles. The number of nitrogens with zero attached hydrogens (tertiary/aromatic N) is 2. The van der Waals surface area contributed by atoms with Crippen LogP contribution in [-0.4, -0.2) is 62.1 Å². The molecule has 2 N–H and O–H groups in total. The van der Waals surface area contributed by atoms with Crippen LogP contribution in [0.25, 0.3) is 0 Å². The Kier molecular flexibility index (Phi) is 6.70. The topological polar surface area (TPSA) is 47.6 Å². The van der Waals surface area contributed by atoms with Crippen molar-refractivity contribution >= 4 is 6.03 Å². The Morgan fingerprint density at radius 3 is 2.52 bits per heavy atom. The molecule has 2 aliphatic rings. The Morgan fingerprint density at radius 1 is 1.16 bits per heavy atom. The van der Waals surface area contributed by atoms with Crippen LogP contribution in [0.15, 0.2) is 30.3 Å². The molecule has 0 unspecified atom stereocenters. The van der Waals surface area contributed by atoms with Crippen LogP contribution in [0.1, 0.15) is 37.3 Å². The number of piperazine rings is 1. The summed E-state index contributed by atoms with van der Waals surface area (Å²) in [5.74, 6) is 0.829. The zero-order valence-electron chi connectivity index (χ0n) is 15.4. The number of amides is 2. The van der Waals surface area contributed by atoms with Gasteiger partial charge in [-0.1, -0.05) is 49.6 Å². The highest BCUT2D eigenvalue weighted by atomic mass is 16.2. The van der Waals surface area contributed by atoms with Gasteiger partial charge in [0.1, 0.15) is 0 Å². The maximum atomic E-state index is 12.4. The van der Waals surface area contributed by atoms with E-state index in [1.54, 1.807) is 0 Å². The molecular formula is C20H32N4O. The number of urea groups is 1. The van der Waals surface area contributed by atoms with Crippen molar-refractivity contribution < 1.29 is 4.79 Å². The molecule has 5 heteroatoms. The van der Waals surface area contributed by atoms with Crippen molar-refractivity contribution in [3.63, 3.8) is 0 Å². The van der Waals surface area contributed by atoms with Crippen LogP contribution < -0.4 is 10.6 Å². The van der Waals surface area contributed by atoms with Gasteiger partial charge in [-0.15, -0.1) is 0 Å². The van der Waals surface area contributed by atoms with E-state index in [0.29, 0.717) is 0 Å². The van der Waals surface area contributed by atoms with Gasteiger partial charge in [0.25, 0.3) is 0 Å². The highest BCUT2D eigenvalue weighted by molar-refractivity contribution is 5.74. The highest BCUT2D eigenvalue weighted by Gasteiger charge is 2.21. The lowest BCUT2D eigenvalue weighted by Crippen LogP contribution is -2.49. The van der Waals surface area contributed by atoms with E-state index in [1.165, 1.54) is 24.8 Å². The third-order valence-electron chi connectivity index (χ3n) is 5.61. The maximum absolute atomic E-state index is 12.4. The molecule has 138 valence electrons. The standard InChI is InChI=1S/C20H32N4O/c1-23-12-14-24(15-13-23)16-19(18-8-3-2-4-9-18)22-20(25)21-11-10-17-6-5-7-17/h2-4,8-9,17,19H,5-7,10-16H2,1H3,(H2,21,22,25)/t19-/m1/s1. The van der Waals surface area contributed by atoms with Gasteiger partial charge in [-0.2, -0.15) is 0 Å². The van der Waals surface area contributed by atoms with Crippen LogP contribution in [0.3, 0.4) is 0 Å². The zero-order chi connectivity index (χ0) is 17.5. The number of carbonyl (C=O) groups is 1. The normalized spacial score (nSPS) is 20.7. The largest absolute Gasteiger partial charge is 0.338 e. The van der Waals surface area contributed by atoms with Crippen LogP contribution in [0.2, 0.25) is 0 Å². The van der Waals surface area contributed by atoms with E-state index in [1.807, 2.05) is 18.2 Å². The van der Waals surface area contributed by atoms with Gasteiger partial charge in [-0.3, -0.25) is 4.90 Å². The van der Waals surface area contributed by atoms with Crippen molar-refractivity contribution in [2.45, 2.75) is 31.7 Å². The molecule has 5 nitrogen and oxygen atoms in total. The molecular weight excluding hydrogens is 312 g/mol. The summed E-state index contributed by atoms with van der Waals surface area (Å²) in [6, 6.07) is 10.3. The zero-order valence-corrected chi connectivity index (χ0v) is 15.4. The van der Waals surface area contributed by atoms with Gasteiger partial charge in [0.2, 0.25) is 0 Å². The van der Waals surface area contributed by atoms with Crippen molar-refractivity contribution in [1.29, 1.82) is 0 Å². The van der Waals surface area contributed by atoms with Gasteiger partial charge in [-0.25, -0.2) is 4.79 Å². The van der Waals surface area contributed by atoms with Crippen molar-refractivity contribution in [2.24, 2.45) is 5.92 Å². The molecule has 1 saturated heterocycles. The first kappa shape index (κ1) is 18.2. The van der Waals surface area contributed by atoms with E-state index in [2.05, 4.69) is 39.6 Å². The Morgan fingerprint density at radius 2 is 1.88 bits per heavy atom. The summed E-state index contributed by atoms with van der Waals surface area (Å²) in [6.07, 6.45) is 5.14. The van der Waals surface area contributed by atoms with E-state index in [0.717, 1.165) is 51.6 Å². The molecule has 1 saturated carbocycles. The first-order valence-electron chi connectivity index (χ1n) is 9.71. The van der Waals surface area contributed by atoms with Crippen LogP contribution >= 0.6 is 0 Å². The molecule has 1 atom stereocenters. The minimum absolute atomic E-state index is 0.0355. The van der Waals surface area contributed by atoms with E-state index in [9.17, 15) is 4.79 Å². The molecule has 0 aromatic heterocycles. The fraction of sp³-hybridized carbons (Fsp3) is 0.650. The van der Waals surface area contributed by atoms with E-state index in [4.69, 9.17) is 0 Å². The van der Waals surface area contributed by atoms with Crippen LogP contribution in [0, 0.1) is 5.92 Å².